The van der Waals surface area contributed by atoms with E-state index in [-0.39, 0.29) is 30.4 Å². The number of rotatable bonds is 6. The highest BCUT2D eigenvalue weighted by molar-refractivity contribution is 5.97. The Morgan fingerprint density at radius 3 is 2.32 bits per heavy atom. The van der Waals surface area contributed by atoms with Gasteiger partial charge in [-0.05, 0) is 43.5 Å². The Balaban J connectivity index is 1.22. The first-order valence-electron chi connectivity index (χ1n) is 11.6. The molecule has 0 spiro atoms. The van der Waals surface area contributed by atoms with Crippen LogP contribution in [0.15, 0.2) is 34.9 Å². The van der Waals surface area contributed by atoms with Gasteiger partial charge < -0.3 is 24.7 Å². The number of alkyl halides is 3. The van der Waals surface area contributed by atoms with Gasteiger partial charge in [-0.1, -0.05) is 0 Å². The van der Waals surface area contributed by atoms with Gasteiger partial charge in [-0.2, -0.15) is 13.2 Å². The number of hydrogen-bond acceptors (Lipinski definition) is 8. The molecule has 2 heterocycles. The van der Waals surface area contributed by atoms with Crippen LogP contribution in [0.1, 0.15) is 46.0 Å². The second-order valence-electron chi connectivity index (χ2n) is 8.67. The van der Waals surface area contributed by atoms with Crippen LogP contribution in [-0.4, -0.2) is 77.1 Å². The molecule has 14 heteroatoms. The minimum absolute atomic E-state index is 0.0515. The normalized spacial score (nSPS) is 16.6. The summed E-state index contributed by atoms with van der Waals surface area (Å²) in [4.78, 5) is 54.6. The maximum Gasteiger partial charge on any atom is 0.491 e. The third kappa shape index (κ3) is 6.84. The van der Waals surface area contributed by atoms with Gasteiger partial charge in [0.1, 0.15) is 6.26 Å². The Bertz CT molecular complexity index is 1150. The standard InChI is InChI=1S/C23H24F3N5O6/c24-23(25,26)21(34)37-20(33)17-13-36-18(29-17)12-30-8-10-31(11-9-30)19(32)14-4-6-16(7-5-14)28-22(35)27-15-2-1-3-15/h4-7,13,15H,1-3,8-12H2,(H2,27,28,35). The molecular formula is C23H24F3N5O6. The second kappa shape index (κ2) is 11.0. The quantitative estimate of drug-likeness (QED) is 0.436. The molecule has 1 aromatic heterocycles. The first-order valence-corrected chi connectivity index (χ1v) is 11.6. The number of nitrogens with one attached hydrogen (secondary N) is 2. The fourth-order valence-electron chi connectivity index (χ4n) is 3.76. The van der Waals surface area contributed by atoms with Crippen LogP contribution in [0.25, 0.3) is 0 Å². The molecule has 2 fully saturated rings. The summed E-state index contributed by atoms with van der Waals surface area (Å²) in [6.07, 6.45) is -1.41. The van der Waals surface area contributed by atoms with Crippen LogP contribution in [0, 0.1) is 0 Å². The zero-order valence-corrected chi connectivity index (χ0v) is 19.5. The van der Waals surface area contributed by atoms with Crippen molar-refractivity contribution >= 4 is 29.6 Å². The number of ether oxygens (including phenoxy) is 1. The second-order valence-corrected chi connectivity index (χ2v) is 8.67. The van der Waals surface area contributed by atoms with Crippen molar-refractivity contribution in [2.24, 2.45) is 0 Å². The maximum absolute atomic E-state index is 12.8. The van der Waals surface area contributed by atoms with Crippen molar-refractivity contribution in [2.75, 3.05) is 31.5 Å². The third-order valence-corrected chi connectivity index (χ3v) is 6.03. The zero-order valence-electron chi connectivity index (χ0n) is 19.5. The Morgan fingerprint density at radius 1 is 1.05 bits per heavy atom. The molecule has 3 amide bonds. The molecule has 37 heavy (non-hydrogen) atoms. The van der Waals surface area contributed by atoms with Gasteiger partial charge in [0, 0.05) is 43.5 Å². The minimum atomic E-state index is -5.30. The van der Waals surface area contributed by atoms with Gasteiger partial charge in [0.2, 0.25) is 5.89 Å². The van der Waals surface area contributed by atoms with Crippen LogP contribution in [0.4, 0.5) is 23.7 Å². The molecule has 0 radical (unpaired) electrons. The Hall–Kier alpha value is -3.94. The number of esters is 2. The van der Waals surface area contributed by atoms with E-state index in [4.69, 9.17) is 4.42 Å². The largest absolute Gasteiger partial charge is 0.491 e. The number of aromatic nitrogens is 1. The van der Waals surface area contributed by atoms with Crippen LogP contribution < -0.4 is 10.6 Å². The Kier molecular flexibility index (Phi) is 7.76. The highest BCUT2D eigenvalue weighted by atomic mass is 19.4. The molecule has 1 aromatic carbocycles. The molecule has 11 nitrogen and oxygen atoms in total. The average Bonchev–Trinajstić information content (AvgIpc) is 3.30. The van der Waals surface area contributed by atoms with Gasteiger partial charge in [-0.25, -0.2) is 19.4 Å². The summed E-state index contributed by atoms with van der Waals surface area (Å²) < 4.78 is 45.5. The van der Waals surface area contributed by atoms with Crippen molar-refractivity contribution in [3.05, 3.63) is 47.7 Å². The summed E-state index contributed by atoms with van der Waals surface area (Å²) in [7, 11) is 0. The molecule has 198 valence electrons. The Labute approximate surface area is 208 Å². The van der Waals surface area contributed by atoms with E-state index in [1.54, 1.807) is 29.2 Å². The van der Waals surface area contributed by atoms with E-state index in [1.807, 2.05) is 4.90 Å². The number of oxazole rings is 1. The number of amides is 3. The summed E-state index contributed by atoms with van der Waals surface area (Å²) >= 11 is 0. The van der Waals surface area contributed by atoms with Gasteiger partial charge in [-0.15, -0.1) is 0 Å². The average molecular weight is 523 g/mol. The van der Waals surface area contributed by atoms with Gasteiger partial charge in [0.05, 0.1) is 6.54 Å². The maximum atomic E-state index is 12.8. The lowest BCUT2D eigenvalue weighted by Crippen LogP contribution is -2.48. The van der Waals surface area contributed by atoms with Gasteiger partial charge in [-0.3, -0.25) is 9.69 Å². The molecule has 1 aliphatic carbocycles. The van der Waals surface area contributed by atoms with Crippen molar-refractivity contribution in [2.45, 2.75) is 38.0 Å². The number of hydrogen-bond donors (Lipinski definition) is 2. The van der Waals surface area contributed by atoms with E-state index >= 15 is 0 Å². The fraction of sp³-hybridized carbons (Fsp3) is 0.435. The van der Waals surface area contributed by atoms with Crippen molar-refractivity contribution in [3.63, 3.8) is 0 Å². The number of benzene rings is 1. The molecule has 2 aromatic rings. The molecule has 0 bridgehead atoms. The summed E-state index contributed by atoms with van der Waals surface area (Å²) in [5.74, 6) is -4.31. The van der Waals surface area contributed by atoms with Crippen LogP contribution in [-0.2, 0) is 16.1 Å². The summed E-state index contributed by atoms with van der Waals surface area (Å²) in [6.45, 7) is 1.87. The highest BCUT2D eigenvalue weighted by Crippen LogP contribution is 2.20. The van der Waals surface area contributed by atoms with Gasteiger partial charge in [0.15, 0.2) is 5.69 Å². The van der Waals surface area contributed by atoms with Crippen LogP contribution in [0.5, 0.6) is 0 Å². The predicted octanol–water partition coefficient (Wildman–Crippen LogP) is 2.55. The zero-order chi connectivity index (χ0) is 26.6. The molecular weight excluding hydrogens is 499 g/mol. The monoisotopic (exact) mass is 523 g/mol. The van der Waals surface area contributed by atoms with Gasteiger partial charge in [0.25, 0.3) is 5.91 Å². The molecule has 2 N–H and O–H groups in total. The first-order chi connectivity index (χ1) is 17.6. The molecule has 0 unspecified atom stereocenters. The third-order valence-electron chi connectivity index (χ3n) is 6.03. The van der Waals surface area contributed by atoms with Crippen LogP contribution in [0.2, 0.25) is 0 Å². The van der Waals surface area contributed by atoms with Crippen molar-refractivity contribution in [3.8, 4) is 0 Å². The van der Waals surface area contributed by atoms with Crippen molar-refractivity contribution in [1.29, 1.82) is 0 Å². The summed E-state index contributed by atoms with van der Waals surface area (Å²) in [5, 5.41) is 5.62. The lowest BCUT2D eigenvalue weighted by molar-refractivity contribution is -0.193. The fourth-order valence-corrected chi connectivity index (χ4v) is 3.76. The number of anilines is 1. The number of urea groups is 1. The molecule has 0 atom stereocenters. The first kappa shape index (κ1) is 26.1. The molecule has 1 saturated carbocycles. The number of carbonyl (C=O) groups is 4. The number of halogens is 3. The number of nitrogens with zero attached hydrogens (tertiary/aromatic N) is 3. The molecule has 1 aliphatic heterocycles. The van der Waals surface area contributed by atoms with E-state index in [0.29, 0.717) is 37.4 Å². The number of piperazine rings is 1. The van der Waals surface area contributed by atoms with E-state index in [2.05, 4.69) is 20.4 Å². The smallest absolute Gasteiger partial charge is 0.447 e. The predicted molar refractivity (Wildman–Crippen MR) is 120 cm³/mol. The van der Waals surface area contributed by atoms with Gasteiger partial charge >= 0.3 is 24.1 Å². The van der Waals surface area contributed by atoms with Crippen LogP contribution in [0.3, 0.4) is 0 Å². The number of carbonyl (C=O) groups excluding carboxylic acids is 4. The topological polar surface area (TPSA) is 134 Å². The summed E-state index contributed by atoms with van der Waals surface area (Å²) in [5.41, 5.74) is 0.498. The molecule has 1 saturated heterocycles. The minimum Gasteiger partial charge on any atom is -0.447 e. The lowest BCUT2D eigenvalue weighted by Gasteiger charge is -2.34. The SMILES string of the molecule is O=C(Nc1ccc(C(=O)N2CCN(Cc3nc(C(=O)OC(=O)C(F)(F)F)co3)CC2)cc1)NC1CCC1. The van der Waals surface area contributed by atoms with E-state index in [0.717, 1.165) is 25.5 Å². The molecule has 4 rings (SSSR count). The van der Waals surface area contributed by atoms with Crippen molar-refractivity contribution < 1.29 is 41.5 Å². The summed E-state index contributed by atoms with van der Waals surface area (Å²) in [6, 6.07) is 6.56. The highest BCUT2D eigenvalue weighted by Gasteiger charge is 2.43. The molecule has 2 aliphatic rings. The van der Waals surface area contributed by atoms with E-state index in [9.17, 15) is 32.3 Å². The van der Waals surface area contributed by atoms with Crippen molar-refractivity contribution in [1.82, 2.24) is 20.1 Å². The van der Waals surface area contributed by atoms with Crippen LogP contribution >= 0.6 is 0 Å². The van der Waals surface area contributed by atoms with E-state index < -0.39 is 23.8 Å². The van der Waals surface area contributed by atoms with E-state index in [1.165, 1.54) is 0 Å². The Morgan fingerprint density at radius 2 is 1.73 bits per heavy atom. The lowest BCUT2D eigenvalue weighted by atomic mass is 9.93.